The number of methoxy groups -OCH3 is 1. The van der Waals surface area contributed by atoms with Gasteiger partial charge < -0.3 is 20.1 Å². The van der Waals surface area contributed by atoms with Gasteiger partial charge >= 0.3 is 5.97 Å². The average Bonchev–Trinajstić information content (AvgIpc) is 3.27. The van der Waals surface area contributed by atoms with Crippen LogP contribution in [0.4, 0.5) is 4.39 Å². The van der Waals surface area contributed by atoms with Gasteiger partial charge in [0.25, 0.3) is 0 Å². The fourth-order valence-corrected chi connectivity index (χ4v) is 4.92. The van der Waals surface area contributed by atoms with E-state index < -0.39 is 11.8 Å². The molecular weight excluding hydrogens is 409 g/mol. The first-order valence-corrected chi connectivity index (χ1v) is 11.1. The smallest absolute Gasteiger partial charge is 0.338 e. The van der Waals surface area contributed by atoms with Crippen molar-refractivity contribution in [3.8, 4) is 5.75 Å². The number of aryl methyl sites for hydroxylation is 1. The molecule has 0 aliphatic carbocycles. The van der Waals surface area contributed by atoms with E-state index in [0.717, 1.165) is 59.3 Å². The quantitative estimate of drug-likeness (QED) is 0.500. The molecule has 170 valence electrons. The summed E-state index contributed by atoms with van der Waals surface area (Å²) in [7, 11) is 1.69. The molecule has 0 amide bonds. The van der Waals surface area contributed by atoms with Crippen molar-refractivity contribution in [2.75, 3.05) is 20.2 Å². The minimum Gasteiger partial charge on any atom is -0.496 e. The van der Waals surface area contributed by atoms with Crippen LogP contribution in [0.25, 0.3) is 10.9 Å². The van der Waals surface area contributed by atoms with Crippen LogP contribution >= 0.6 is 0 Å². The number of fused-ring (bicyclic) bond motifs is 1. The topological polar surface area (TPSA) is 77.6 Å². The number of benzene rings is 2. The number of H-pyrrole nitrogens is 1. The number of aromatic carboxylic acids is 1. The molecule has 7 heteroatoms. The van der Waals surface area contributed by atoms with Gasteiger partial charge in [0.15, 0.2) is 0 Å². The van der Waals surface area contributed by atoms with Gasteiger partial charge in [0.2, 0.25) is 0 Å². The van der Waals surface area contributed by atoms with Gasteiger partial charge in [-0.25, -0.2) is 9.18 Å². The number of rotatable bonds is 7. The third kappa shape index (κ3) is 4.23. The second-order valence-electron chi connectivity index (χ2n) is 8.45. The second-order valence-corrected chi connectivity index (χ2v) is 8.45. The molecule has 0 radical (unpaired) electrons. The number of carboxylic acids is 1. The Morgan fingerprint density at radius 2 is 2.16 bits per heavy atom. The molecule has 3 N–H and O–H groups in total. The Morgan fingerprint density at radius 3 is 2.84 bits per heavy atom. The van der Waals surface area contributed by atoms with Gasteiger partial charge in [-0.05, 0) is 61.7 Å². The summed E-state index contributed by atoms with van der Waals surface area (Å²) in [5, 5.41) is 13.9. The lowest BCUT2D eigenvalue weighted by atomic mass is 9.90. The first kappa shape index (κ1) is 22.3. The molecule has 1 aromatic heterocycles. The largest absolute Gasteiger partial charge is 0.496 e. The van der Waals surface area contributed by atoms with Gasteiger partial charge in [0, 0.05) is 47.8 Å². The van der Waals surface area contributed by atoms with E-state index in [-0.39, 0.29) is 11.6 Å². The number of piperidine rings is 1. The molecule has 0 spiro atoms. The number of hydrogen-bond acceptors (Lipinski definition) is 4. The summed E-state index contributed by atoms with van der Waals surface area (Å²) in [6, 6.07) is 8.92. The maximum atomic E-state index is 14.5. The molecule has 0 saturated carbocycles. The number of nitrogens with zero attached hydrogens (tertiary/aromatic N) is 1. The summed E-state index contributed by atoms with van der Waals surface area (Å²) in [5.41, 5.74) is 3.82. The van der Waals surface area contributed by atoms with Crippen LogP contribution in [0.5, 0.6) is 5.75 Å². The number of nitrogens with one attached hydrogen (secondary N) is 2. The molecule has 1 saturated heterocycles. The van der Waals surface area contributed by atoms with Crippen LogP contribution in [0, 0.1) is 12.7 Å². The molecule has 0 bridgehead atoms. The Morgan fingerprint density at radius 1 is 1.34 bits per heavy atom. The summed E-state index contributed by atoms with van der Waals surface area (Å²) in [5.74, 6) is -1.10. The number of carbonyl (C=O) groups is 1. The highest BCUT2D eigenvalue weighted by atomic mass is 19.1. The zero-order valence-electron chi connectivity index (χ0n) is 18.7. The van der Waals surface area contributed by atoms with Crippen molar-refractivity contribution in [3.05, 3.63) is 64.6 Å². The summed E-state index contributed by atoms with van der Waals surface area (Å²) in [4.78, 5) is 16.9. The zero-order valence-corrected chi connectivity index (χ0v) is 18.7. The molecular formula is C25H30FN3O3. The van der Waals surface area contributed by atoms with Gasteiger partial charge in [-0.2, -0.15) is 0 Å². The van der Waals surface area contributed by atoms with Crippen LogP contribution in [0.3, 0.4) is 0 Å². The van der Waals surface area contributed by atoms with Crippen molar-refractivity contribution in [1.82, 2.24) is 15.2 Å². The lowest BCUT2D eigenvalue weighted by Crippen LogP contribution is -2.44. The minimum absolute atomic E-state index is 0.0369. The van der Waals surface area contributed by atoms with Crippen molar-refractivity contribution >= 4 is 16.9 Å². The summed E-state index contributed by atoms with van der Waals surface area (Å²) >= 11 is 0. The molecule has 2 aromatic carbocycles. The second kappa shape index (κ2) is 9.30. The number of carboxylic acid groups (broad SMARTS) is 1. The van der Waals surface area contributed by atoms with Crippen LogP contribution in [-0.4, -0.2) is 47.2 Å². The van der Waals surface area contributed by atoms with E-state index in [1.165, 1.54) is 12.1 Å². The van der Waals surface area contributed by atoms with Crippen LogP contribution < -0.4 is 10.1 Å². The SMILES string of the molecule is CCNC1CCN(Cc2c(OC)cc(C)c3[nH]ccc23)C(c2ccc(C(=O)O)c(F)c2)C1. The highest BCUT2D eigenvalue weighted by Gasteiger charge is 2.31. The van der Waals surface area contributed by atoms with Crippen LogP contribution in [0.15, 0.2) is 36.5 Å². The number of ether oxygens (including phenoxy) is 1. The first-order chi connectivity index (χ1) is 15.4. The van der Waals surface area contributed by atoms with Gasteiger partial charge in [-0.1, -0.05) is 13.0 Å². The monoisotopic (exact) mass is 439 g/mol. The third-order valence-corrected chi connectivity index (χ3v) is 6.51. The predicted molar refractivity (Wildman–Crippen MR) is 123 cm³/mol. The van der Waals surface area contributed by atoms with Gasteiger partial charge in [-0.3, -0.25) is 4.90 Å². The van der Waals surface area contributed by atoms with Crippen LogP contribution in [0.1, 0.15) is 52.9 Å². The highest BCUT2D eigenvalue weighted by Crippen LogP contribution is 2.37. The number of aromatic nitrogens is 1. The first-order valence-electron chi connectivity index (χ1n) is 11.1. The van der Waals surface area contributed by atoms with E-state index in [2.05, 4.69) is 41.2 Å². The Hall–Kier alpha value is -2.90. The Kier molecular flexibility index (Phi) is 6.48. The highest BCUT2D eigenvalue weighted by molar-refractivity contribution is 5.88. The van der Waals surface area contributed by atoms with E-state index in [9.17, 15) is 14.3 Å². The molecule has 2 heterocycles. The summed E-state index contributed by atoms with van der Waals surface area (Å²) < 4.78 is 20.3. The van der Waals surface area contributed by atoms with Crippen LogP contribution in [-0.2, 0) is 6.54 Å². The van der Waals surface area contributed by atoms with Crippen molar-refractivity contribution in [3.63, 3.8) is 0 Å². The van der Waals surface area contributed by atoms with Crippen molar-refractivity contribution in [2.24, 2.45) is 0 Å². The van der Waals surface area contributed by atoms with Gasteiger partial charge in [0.1, 0.15) is 11.6 Å². The molecule has 1 fully saturated rings. The van der Waals surface area contributed by atoms with Crippen molar-refractivity contribution < 1.29 is 19.0 Å². The molecule has 2 atom stereocenters. The molecule has 6 nitrogen and oxygen atoms in total. The average molecular weight is 440 g/mol. The molecule has 3 aromatic rings. The van der Waals surface area contributed by atoms with Crippen molar-refractivity contribution in [2.45, 2.75) is 45.3 Å². The van der Waals surface area contributed by atoms with Gasteiger partial charge in [0.05, 0.1) is 12.7 Å². The lowest BCUT2D eigenvalue weighted by molar-refractivity contribution is 0.0691. The predicted octanol–water partition coefficient (Wildman–Crippen LogP) is 4.64. The Balaban J connectivity index is 1.72. The maximum Gasteiger partial charge on any atom is 0.338 e. The van der Waals surface area contributed by atoms with Gasteiger partial charge in [-0.15, -0.1) is 0 Å². The van der Waals surface area contributed by atoms with E-state index in [1.54, 1.807) is 13.2 Å². The molecule has 2 unspecified atom stereocenters. The number of aromatic amines is 1. The maximum absolute atomic E-state index is 14.5. The number of hydrogen-bond donors (Lipinski definition) is 3. The summed E-state index contributed by atoms with van der Waals surface area (Å²) in [6.07, 6.45) is 3.75. The zero-order chi connectivity index (χ0) is 22.8. The molecule has 32 heavy (non-hydrogen) atoms. The number of halogens is 1. The fraction of sp³-hybridized carbons (Fsp3) is 0.400. The van der Waals surface area contributed by atoms with E-state index in [0.29, 0.717) is 12.6 Å². The lowest BCUT2D eigenvalue weighted by Gasteiger charge is -2.40. The normalized spacial score (nSPS) is 19.4. The van der Waals surface area contributed by atoms with Crippen molar-refractivity contribution in [1.29, 1.82) is 0 Å². The van der Waals surface area contributed by atoms with E-state index in [1.807, 2.05) is 6.20 Å². The van der Waals surface area contributed by atoms with E-state index >= 15 is 0 Å². The van der Waals surface area contributed by atoms with E-state index in [4.69, 9.17) is 4.74 Å². The fourth-order valence-electron chi connectivity index (χ4n) is 4.92. The molecule has 1 aliphatic heterocycles. The molecule has 4 rings (SSSR count). The Labute approximate surface area is 187 Å². The van der Waals surface area contributed by atoms with Crippen LogP contribution in [0.2, 0.25) is 0 Å². The summed E-state index contributed by atoms with van der Waals surface area (Å²) in [6.45, 7) is 6.52. The minimum atomic E-state index is -1.25. The third-order valence-electron chi connectivity index (χ3n) is 6.51. The number of likely N-dealkylation sites (tertiary alicyclic amines) is 1. The standard InChI is InChI=1S/C25H30FN3O3/c1-4-27-17-8-10-29(22(13-17)16-5-6-19(25(30)31)21(26)12-16)14-20-18-7-9-28-24(18)15(2)11-23(20)32-3/h5-7,9,11-12,17,22,27-28H,4,8,10,13-14H2,1-3H3,(H,30,31). The Bertz CT molecular complexity index is 1130. The molecule has 1 aliphatic rings.